The summed E-state index contributed by atoms with van der Waals surface area (Å²) in [7, 11) is 0. The lowest BCUT2D eigenvalue weighted by atomic mass is 10.0. The van der Waals surface area contributed by atoms with E-state index in [0.29, 0.717) is 18.6 Å². The zero-order valence-electron chi connectivity index (χ0n) is 27.0. The van der Waals surface area contributed by atoms with Crippen LogP contribution in [0.3, 0.4) is 0 Å². The van der Waals surface area contributed by atoms with Gasteiger partial charge in [0.25, 0.3) is 11.9 Å². The number of carbonyl (C=O) groups is 5. The van der Waals surface area contributed by atoms with E-state index in [-0.39, 0.29) is 61.9 Å². The van der Waals surface area contributed by atoms with Gasteiger partial charge in [-0.15, -0.1) is 0 Å². The fourth-order valence-corrected chi connectivity index (χ4v) is 5.11. The average molecular weight is 646 g/mol. The molecular formula is C35H43N5O7. The molecule has 2 aromatic carbocycles. The molecule has 1 fully saturated rings. The van der Waals surface area contributed by atoms with E-state index in [9.17, 15) is 24.0 Å². The van der Waals surface area contributed by atoms with E-state index in [4.69, 9.17) is 9.15 Å². The first-order chi connectivity index (χ1) is 22.6. The molecule has 1 saturated heterocycles. The summed E-state index contributed by atoms with van der Waals surface area (Å²) in [6.45, 7) is 5.90. The lowest BCUT2D eigenvalue weighted by Gasteiger charge is -2.26. The third-order valence-electron chi connectivity index (χ3n) is 7.71. The minimum absolute atomic E-state index is 0.0473. The lowest BCUT2D eigenvalue weighted by molar-refractivity contribution is -0.134. The molecule has 47 heavy (non-hydrogen) atoms. The van der Waals surface area contributed by atoms with Crippen molar-refractivity contribution in [2.24, 2.45) is 5.92 Å². The van der Waals surface area contributed by atoms with Crippen LogP contribution in [0.1, 0.15) is 56.2 Å². The number of ether oxygens (including phenoxy) is 1. The Hall–Kier alpha value is -5.13. The highest BCUT2D eigenvalue weighted by molar-refractivity contribution is 5.94. The van der Waals surface area contributed by atoms with Crippen LogP contribution >= 0.6 is 0 Å². The van der Waals surface area contributed by atoms with Crippen LogP contribution in [0.25, 0.3) is 0 Å². The summed E-state index contributed by atoms with van der Waals surface area (Å²) >= 11 is 0. The van der Waals surface area contributed by atoms with Gasteiger partial charge in [0.1, 0.15) is 23.9 Å². The molecule has 0 saturated carbocycles. The van der Waals surface area contributed by atoms with Crippen molar-refractivity contribution in [3.8, 4) is 11.7 Å². The van der Waals surface area contributed by atoms with Crippen molar-refractivity contribution in [3.05, 3.63) is 84.1 Å². The molecule has 1 aliphatic heterocycles. The summed E-state index contributed by atoms with van der Waals surface area (Å²) < 4.78 is 11.4. The van der Waals surface area contributed by atoms with Crippen molar-refractivity contribution in [1.29, 1.82) is 0 Å². The summed E-state index contributed by atoms with van der Waals surface area (Å²) in [6, 6.07) is 18.6. The minimum Gasteiger partial charge on any atom is -0.426 e. The van der Waals surface area contributed by atoms with E-state index in [1.54, 1.807) is 23.1 Å². The van der Waals surface area contributed by atoms with Gasteiger partial charge in [0.15, 0.2) is 5.76 Å². The number of benzene rings is 2. The third-order valence-corrected chi connectivity index (χ3v) is 7.71. The molecule has 0 bridgehead atoms. The maximum absolute atomic E-state index is 13.5. The van der Waals surface area contributed by atoms with Gasteiger partial charge in [0.2, 0.25) is 23.6 Å². The number of hydrogen-bond donors (Lipinski definition) is 4. The molecule has 3 aromatic rings. The van der Waals surface area contributed by atoms with Crippen LogP contribution in [0.15, 0.2) is 77.2 Å². The van der Waals surface area contributed by atoms with Crippen molar-refractivity contribution in [2.45, 2.75) is 64.6 Å². The highest BCUT2D eigenvalue weighted by atomic mass is 16.6. The van der Waals surface area contributed by atoms with Crippen molar-refractivity contribution in [2.75, 3.05) is 19.6 Å². The van der Waals surface area contributed by atoms with Crippen molar-refractivity contribution in [1.82, 2.24) is 26.2 Å². The number of carbonyl (C=O) groups excluding carboxylic acids is 5. The molecule has 0 unspecified atom stereocenters. The van der Waals surface area contributed by atoms with Gasteiger partial charge >= 0.3 is 0 Å². The van der Waals surface area contributed by atoms with E-state index in [1.807, 2.05) is 62.4 Å². The molecule has 250 valence electrons. The molecule has 1 aromatic heterocycles. The van der Waals surface area contributed by atoms with Gasteiger partial charge in [-0.1, -0.05) is 62.4 Å². The largest absolute Gasteiger partial charge is 0.426 e. The second-order valence-corrected chi connectivity index (χ2v) is 11.8. The molecule has 2 heterocycles. The average Bonchev–Trinajstić information content (AvgIpc) is 3.52. The van der Waals surface area contributed by atoms with Crippen LogP contribution < -0.4 is 26.0 Å². The van der Waals surface area contributed by atoms with Gasteiger partial charge in [-0.2, -0.15) is 0 Å². The maximum atomic E-state index is 13.5. The fraction of sp³-hybridized carbons (Fsp3) is 0.400. The molecule has 1 aliphatic rings. The first kappa shape index (κ1) is 34.7. The van der Waals surface area contributed by atoms with Gasteiger partial charge in [-0.25, -0.2) is 0 Å². The number of amides is 5. The molecule has 3 atom stereocenters. The Bertz CT molecular complexity index is 1510. The predicted octanol–water partition coefficient (Wildman–Crippen LogP) is 3.19. The number of nitrogens with zero attached hydrogens (tertiary/aromatic N) is 1. The molecule has 12 heteroatoms. The molecule has 0 spiro atoms. The van der Waals surface area contributed by atoms with E-state index < -0.39 is 35.8 Å². The fourth-order valence-electron chi connectivity index (χ4n) is 5.11. The minimum atomic E-state index is -0.953. The summed E-state index contributed by atoms with van der Waals surface area (Å²) in [5, 5.41) is 11.1. The van der Waals surface area contributed by atoms with Gasteiger partial charge < -0.3 is 35.3 Å². The topological polar surface area (TPSA) is 159 Å². The normalized spacial score (nSPS) is 20.7. The number of para-hydroxylation sites is 1. The Morgan fingerprint density at radius 1 is 0.851 bits per heavy atom. The number of nitrogens with one attached hydrogen (secondary N) is 4. The Morgan fingerprint density at radius 2 is 1.53 bits per heavy atom. The summed E-state index contributed by atoms with van der Waals surface area (Å²) in [6.07, 6.45) is 0.986. The van der Waals surface area contributed by atoms with E-state index in [1.165, 1.54) is 13.0 Å². The SMILES string of the molecule is CC(C)[C@H]1NC(=O)[C@@H](C)NC(=O)[C@H](Cc2ccccc2)NC(=O)CCCN(C(=O)c2ccc(Oc3ccccc3)o2)CCCNC1=O. The van der Waals surface area contributed by atoms with Crippen LogP contribution in [0, 0.1) is 5.92 Å². The van der Waals surface area contributed by atoms with Gasteiger partial charge in [-0.3, -0.25) is 24.0 Å². The van der Waals surface area contributed by atoms with Gasteiger partial charge in [0, 0.05) is 38.5 Å². The Balaban J connectivity index is 1.51. The molecule has 0 aliphatic carbocycles. The molecular weight excluding hydrogens is 602 g/mol. The Morgan fingerprint density at radius 3 is 2.23 bits per heavy atom. The maximum Gasteiger partial charge on any atom is 0.290 e. The number of rotatable bonds is 6. The van der Waals surface area contributed by atoms with E-state index in [2.05, 4.69) is 21.3 Å². The van der Waals surface area contributed by atoms with Crippen molar-refractivity contribution in [3.63, 3.8) is 0 Å². The standard InChI is InChI=1S/C35H43N5O7/c1-23(2)31-34(44)36-19-11-21-40(35(45)28-17-18-30(47-28)46-26-14-8-5-9-15-26)20-10-16-29(41)38-27(22-25-12-6-4-7-13-25)33(43)37-24(3)32(42)39-31/h4-9,12-15,17-18,23-24,27,31H,10-11,16,19-22H2,1-3H3,(H,36,44)(H,37,43)(H,38,41)(H,39,42)/t24-,27+,31-/m1/s1. The quantitative estimate of drug-likeness (QED) is 0.321. The number of furan rings is 1. The Labute approximate surface area is 274 Å². The summed E-state index contributed by atoms with van der Waals surface area (Å²) in [5.74, 6) is -1.62. The first-order valence-electron chi connectivity index (χ1n) is 15.9. The second kappa shape index (κ2) is 17.0. The summed E-state index contributed by atoms with van der Waals surface area (Å²) in [5.41, 5.74) is 0.828. The monoisotopic (exact) mass is 645 g/mol. The smallest absolute Gasteiger partial charge is 0.290 e. The molecule has 4 N–H and O–H groups in total. The molecule has 5 amide bonds. The highest BCUT2D eigenvalue weighted by Crippen LogP contribution is 2.24. The van der Waals surface area contributed by atoms with Crippen molar-refractivity contribution < 1.29 is 33.1 Å². The van der Waals surface area contributed by atoms with Crippen LogP contribution in [0.5, 0.6) is 11.7 Å². The molecule has 12 nitrogen and oxygen atoms in total. The van der Waals surface area contributed by atoms with Crippen molar-refractivity contribution >= 4 is 29.5 Å². The predicted molar refractivity (Wildman–Crippen MR) is 174 cm³/mol. The zero-order valence-corrected chi connectivity index (χ0v) is 27.0. The number of hydrogen-bond acceptors (Lipinski definition) is 7. The summed E-state index contributed by atoms with van der Waals surface area (Å²) in [4.78, 5) is 67.7. The highest BCUT2D eigenvalue weighted by Gasteiger charge is 2.29. The van der Waals surface area contributed by atoms with Gasteiger partial charge in [0.05, 0.1) is 0 Å². The third kappa shape index (κ3) is 10.5. The Kier molecular flexibility index (Phi) is 12.5. The van der Waals surface area contributed by atoms with Crippen LogP contribution in [-0.4, -0.2) is 72.2 Å². The van der Waals surface area contributed by atoms with Crippen LogP contribution in [0.2, 0.25) is 0 Å². The zero-order chi connectivity index (χ0) is 33.8. The molecule has 4 rings (SSSR count). The van der Waals surface area contributed by atoms with Crippen LogP contribution in [0.4, 0.5) is 0 Å². The van der Waals surface area contributed by atoms with E-state index in [0.717, 1.165) is 5.56 Å². The molecule has 0 radical (unpaired) electrons. The second-order valence-electron chi connectivity index (χ2n) is 11.8. The van der Waals surface area contributed by atoms with Crippen LogP contribution in [-0.2, 0) is 25.6 Å². The first-order valence-corrected chi connectivity index (χ1v) is 15.9. The van der Waals surface area contributed by atoms with Gasteiger partial charge in [-0.05, 0) is 49.4 Å². The van der Waals surface area contributed by atoms with E-state index >= 15 is 0 Å². The lowest BCUT2D eigenvalue weighted by Crippen LogP contribution is -2.57.